The highest BCUT2D eigenvalue weighted by Gasteiger charge is 2.65. The molecule has 0 aromatic heterocycles. The summed E-state index contributed by atoms with van der Waals surface area (Å²) in [5, 5.41) is 2.70. The van der Waals surface area contributed by atoms with Crippen molar-refractivity contribution in [2.45, 2.75) is 38.1 Å². The molecule has 0 saturated heterocycles. The van der Waals surface area contributed by atoms with Crippen molar-refractivity contribution in [3.05, 3.63) is 41.8 Å². The third kappa shape index (κ3) is 4.71. The van der Waals surface area contributed by atoms with Gasteiger partial charge in [-0.2, -0.15) is 0 Å². The highest BCUT2D eigenvalue weighted by atomic mass is 32.5. The molecule has 1 amide bonds. The normalized spacial score (nSPS) is 19.5. The molecule has 0 fully saturated rings. The van der Waals surface area contributed by atoms with Gasteiger partial charge in [0.05, 0.1) is 5.54 Å². The predicted octanol–water partition coefficient (Wildman–Crippen LogP) is 5.13. The van der Waals surface area contributed by atoms with Crippen molar-refractivity contribution in [2.24, 2.45) is 10.9 Å². The maximum Gasteiger partial charge on any atom is 0.310 e. The van der Waals surface area contributed by atoms with Crippen molar-refractivity contribution in [2.75, 3.05) is 0 Å². The smallest absolute Gasteiger partial charge is 0.310 e. The van der Waals surface area contributed by atoms with Crippen LogP contribution in [-0.2, 0) is 15.2 Å². The fourth-order valence-corrected chi connectivity index (χ4v) is 3.06. The number of carbonyl (C=O) groups excluding carboxylic acids is 1. The molecular formula is C16H20F5N3O2S. The molecule has 2 rings (SSSR count). The zero-order chi connectivity index (χ0) is 20.7. The van der Waals surface area contributed by atoms with Crippen LogP contribution in [0.3, 0.4) is 0 Å². The molecule has 0 aliphatic carbocycles. The molecule has 1 aromatic carbocycles. The summed E-state index contributed by atoms with van der Waals surface area (Å²) in [6, 6.07) is 2.54. The Morgan fingerprint density at radius 2 is 1.74 bits per heavy atom. The molecule has 1 heterocycles. The van der Waals surface area contributed by atoms with Gasteiger partial charge >= 0.3 is 10.2 Å². The van der Waals surface area contributed by atoms with Gasteiger partial charge in [-0.05, 0) is 37.5 Å². The zero-order valence-corrected chi connectivity index (χ0v) is 15.8. The van der Waals surface area contributed by atoms with Crippen molar-refractivity contribution in [3.63, 3.8) is 0 Å². The highest BCUT2D eigenvalue weighted by Crippen LogP contribution is 3.02. The van der Waals surface area contributed by atoms with Crippen LogP contribution in [-0.4, -0.2) is 11.7 Å². The molecule has 11 heteroatoms. The van der Waals surface area contributed by atoms with Crippen molar-refractivity contribution in [1.29, 1.82) is 0 Å². The van der Waals surface area contributed by atoms with E-state index in [9.17, 15) is 24.2 Å². The number of halogens is 5. The van der Waals surface area contributed by atoms with Crippen LogP contribution in [0.2, 0.25) is 0 Å². The van der Waals surface area contributed by atoms with E-state index < -0.39 is 26.6 Å². The van der Waals surface area contributed by atoms with E-state index in [1.165, 1.54) is 0 Å². The van der Waals surface area contributed by atoms with E-state index in [2.05, 4.69) is 15.8 Å². The number of amidine groups is 1. The third-order valence-electron chi connectivity index (χ3n) is 4.33. The molecule has 1 aliphatic heterocycles. The van der Waals surface area contributed by atoms with Crippen LogP contribution in [0.4, 0.5) is 19.4 Å². The van der Waals surface area contributed by atoms with Crippen LogP contribution in [0.5, 0.6) is 0 Å². The third-order valence-corrected chi connectivity index (χ3v) is 5.49. The Bertz CT molecular complexity index is 819. The number of aliphatic imine (C=N–C) groups is 1. The van der Waals surface area contributed by atoms with Crippen molar-refractivity contribution >= 4 is 22.0 Å². The molecule has 0 bridgehead atoms. The van der Waals surface area contributed by atoms with E-state index in [1.807, 2.05) is 0 Å². The quantitative estimate of drug-likeness (QED) is 0.658. The second-order valence-corrected chi connectivity index (χ2v) is 9.13. The monoisotopic (exact) mass is 413 g/mol. The number of hydrogen-bond donors (Lipinski definition) is 2. The van der Waals surface area contributed by atoms with Gasteiger partial charge in [0, 0.05) is 0 Å². The van der Waals surface area contributed by atoms with Crippen LogP contribution in [0, 0.1) is 5.92 Å². The van der Waals surface area contributed by atoms with Gasteiger partial charge in [0.2, 0.25) is 0 Å². The van der Waals surface area contributed by atoms with Crippen molar-refractivity contribution in [1.82, 2.24) is 10.8 Å². The lowest BCUT2D eigenvalue weighted by Crippen LogP contribution is -2.48. The molecule has 5 nitrogen and oxygen atoms in total. The first kappa shape index (κ1) is 21.0. The fourth-order valence-electron chi connectivity index (χ4n) is 2.41. The molecule has 0 saturated carbocycles. The topological polar surface area (TPSA) is 62.7 Å². The van der Waals surface area contributed by atoms with Crippen LogP contribution in [0.1, 0.15) is 33.3 Å². The maximum atomic E-state index is 12.9. The molecule has 1 aliphatic rings. The minimum atomic E-state index is -9.76. The van der Waals surface area contributed by atoms with Gasteiger partial charge in [0.1, 0.15) is 10.7 Å². The van der Waals surface area contributed by atoms with Gasteiger partial charge in [-0.25, -0.2) is 10.5 Å². The first-order valence-electron chi connectivity index (χ1n) is 7.87. The number of amides is 1. The van der Waals surface area contributed by atoms with Crippen molar-refractivity contribution < 1.29 is 29.1 Å². The van der Waals surface area contributed by atoms with Gasteiger partial charge in [-0.3, -0.25) is 4.79 Å². The van der Waals surface area contributed by atoms with Gasteiger partial charge in [0.15, 0.2) is 12.0 Å². The first-order valence-corrected chi connectivity index (χ1v) is 9.82. The van der Waals surface area contributed by atoms with Crippen LogP contribution in [0.25, 0.3) is 0 Å². The average molecular weight is 413 g/mol. The van der Waals surface area contributed by atoms with Gasteiger partial charge in [-0.1, -0.05) is 45.4 Å². The number of benzene rings is 1. The molecule has 1 unspecified atom stereocenters. The fraction of sp³-hybridized carbons (Fsp3) is 0.375. The van der Waals surface area contributed by atoms with E-state index in [1.54, 1.807) is 27.7 Å². The molecule has 27 heavy (non-hydrogen) atoms. The molecule has 0 radical (unpaired) electrons. The van der Waals surface area contributed by atoms with E-state index in [0.717, 1.165) is 18.4 Å². The van der Waals surface area contributed by atoms with E-state index in [-0.39, 0.29) is 17.2 Å². The Morgan fingerprint density at radius 1 is 1.19 bits per heavy atom. The van der Waals surface area contributed by atoms with Crippen LogP contribution in [0.15, 0.2) is 46.1 Å². The minimum Gasteiger partial charge on any atom is -0.386 e. The molecule has 2 N–H and O–H groups in total. The number of nitrogens with zero attached hydrogens (tertiary/aromatic N) is 1. The minimum absolute atomic E-state index is 0.0400. The first-order chi connectivity index (χ1) is 12.0. The van der Waals surface area contributed by atoms with E-state index >= 15 is 0 Å². The Morgan fingerprint density at radius 3 is 2.19 bits per heavy atom. The molecule has 1 atom stereocenters. The summed E-state index contributed by atoms with van der Waals surface area (Å²) in [6.45, 7) is 6.63. The Labute approximate surface area is 153 Å². The molecule has 1 aromatic rings. The SMILES string of the molecule is CC1=NC(C(=O)NC(C)(c2ccc(S(F)(F)(F)(F)F)cc2)C(C)C)=CON1. The summed E-state index contributed by atoms with van der Waals surface area (Å²) in [6.07, 6.45) is 1.08. The molecule has 0 spiro atoms. The molecular weight excluding hydrogens is 393 g/mol. The average Bonchev–Trinajstić information content (AvgIpc) is 2.52. The van der Waals surface area contributed by atoms with Gasteiger partial charge in [-0.15, -0.1) is 0 Å². The highest BCUT2D eigenvalue weighted by molar-refractivity contribution is 8.45. The van der Waals surface area contributed by atoms with E-state index in [0.29, 0.717) is 18.0 Å². The second kappa shape index (κ2) is 5.85. The lowest BCUT2D eigenvalue weighted by molar-refractivity contribution is -0.120. The predicted molar refractivity (Wildman–Crippen MR) is 93.6 cm³/mol. The lowest BCUT2D eigenvalue weighted by atomic mass is 9.81. The Balaban J connectivity index is 2.37. The van der Waals surface area contributed by atoms with E-state index in [4.69, 9.17) is 4.84 Å². The summed E-state index contributed by atoms with van der Waals surface area (Å²) in [7, 11) is -9.76. The largest absolute Gasteiger partial charge is 0.386 e. The lowest BCUT2D eigenvalue weighted by Gasteiger charge is -2.41. The Kier molecular flexibility index (Phi) is 4.55. The van der Waals surface area contributed by atoms with Crippen molar-refractivity contribution in [3.8, 4) is 0 Å². The zero-order valence-electron chi connectivity index (χ0n) is 15.0. The summed E-state index contributed by atoms with van der Waals surface area (Å²) in [4.78, 5) is 19.3. The summed E-state index contributed by atoms with van der Waals surface area (Å²) < 4.78 is 64.6. The standard InChI is InChI=1S/C16H20F5N3O2S/c1-10(2)16(4,23-15(25)14-9-26-24-11(3)22-14)12-5-7-13(8-6-12)27(17,18,19,20)21/h5-10H,1-4H3,(H,22,24)(H,23,25). The van der Waals surface area contributed by atoms with Gasteiger partial charge < -0.3 is 10.2 Å². The number of nitrogens with one attached hydrogen (secondary N) is 2. The maximum absolute atomic E-state index is 12.9. The number of rotatable bonds is 5. The Hall–Kier alpha value is -2.30. The molecule has 152 valence electrons. The van der Waals surface area contributed by atoms with Crippen LogP contribution < -0.4 is 10.8 Å². The summed E-state index contributed by atoms with van der Waals surface area (Å²) in [5.41, 5.74) is 1.50. The second-order valence-electron chi connectivity index (χ2n) is 6.72. The van der Waals surface area contributed by atoms with Gasteiger partial charge in [0.25, 0.3) is 5.91 Å². The summed E-state index contributed by atoms with van der Waals surface area (Å²) >= 11 is 0. The summed E-state index contributed by atoms with van der Waals surface area (Å²) in [5.74, 6) is -0.557. The number of hydrogen-bond acceptors (Lipinski definition) is 4. The number of carbonyl (C=O) groups is 1. The number of hydroxylamine groups is 1. The van der Waals surface area contributed by atoms with Crippen LogP contribution >= 0.6 is 10.2 Å².